The lowest BCUT2D eigenvalue weighted by Crippen LogP contribution is -2.37. The molecule has 0 amide bonds. The fourth-order valence-electron chi connectivity index (χ4n) is 3.01. The van der Waals surface area contributed by atoms with Gasteiger partial charge in [0.1, 0.15) is 5.75 Å². The zero-order valence-electron chi connectivity index (χ0n) is 17.1. The lowest BCUT2D eigenvalue weighted by Gasteiger charge is -2.13. The SMILES string of the molecule is CN=C(NCCc1ccc(OC)cc1Cl)NCc1cccc(Cn2ccnc2)c1.I. The number of nitrogens with zero attached hydrogens (tertiary/aromatic N) is 3. The summed E-state index contributed by atoms with van der Waals surface area (Å²) in [6.45, 7) is 2.23. The third-order valence-electron chi connectivity index (χ3n) is 4.55. The molecule has 0 aliphatic rings. The minimum atomic E-state index is 0. The smallest absolute Gasteiger partial charge is 0.191 e. The van der Waals surface area contributed by atoms with Crippen molar-refractivity contribution in [1.82, 2.24) is 20.2 Å². The Kier molecular flexibility index (Phi) is 9.96. The number of aromatic nitrogens is 2. The van der Waals surface area contributed by atoms with Gasteiger partial charge in [0.15, 0.2) is 5.96 Å². The first-order valence-electron chi connectivity index (χ1n) is 9.48. The number of imidazole rings is 1. The van der Waals surface area contributed by atoms with Crippen molar-refractivity contribution in [1.29, 1.82) is 0 Å². The predicted molar refractivity (Wildman–Crippen MR) is 133 cm³/mol. The van der Waals surface area contributed by atoms with Crippen LogP contribution in [0, 0.1) is 0 Å². The normalized spacial score (nSPS) is 11.0. The summed E-state index contributed by atoms with van der Waals surface area (Å²) < 4.78 is 7.24. The molecule has 0 saturated heterocycles. The first-order chi connectivity index (χ1) is 14.2. The van der Waals surface area contributed by atoms with Crippen LogP contribution in [0.3, 0.4) is 0 Å². The van der Waals surface area contributed by atoms with Crippen molar-refractivity contribution in [2.75, 3.05) is 20.7 Å². The summed E-state index contributed by atoms with van der Waals surface area (Å²) in [5.41, 5.74) is 3.51. The van der Waals surface area contributed by atoms with Crippen molar-refractivity contribution in [2.45, 2.75) is 19.5 Å². The second-order valence-corrected chi connectivity index (χ2v) is 7.02. The van der Waals surface area contributed by atoms with Crippen LogP contribution in [-0.2, 0) is 19.5 Å². The summed E-state index contributed by atoms with van der Waals surface area (Å²) in [4.78, 5) is 8.38. The van der Waals surface area contributed by atoms with Crippen LogP contribution in [0.4, 0.5) is 0 Å². The number of guanidine groups is 1. The van der Waals surface area contributed by atoms with Crippen LogP contribution in [0.5, 0.6) is 5.75 Å². The van der Waals surface area contributed by atoms with Gasteiger partial charge in [-0.15, -0.1) is 24.0 Å². The number of nitrogens with one attached hydrogen (secondary N) is 2. The Morgan fingerprint density at radius 2 is 2.00 bits per heavy atom. The monoisotopic (exact) mass is 539 g/mol. The van der Waals surface area contributed by atoms with Gasteiger partial charge >= 0.3 is 0 Å². The van der Waals surface area contributed by atoms with Gasteiger partial charge in [0, 0.05) is 44.1 Å². The third kappa shape index (κ3) is 7.21. The highest BCUT2D eigenvalue weighted by Crippen LogP contribution is 2.22. The molecular formula is C22H27ClIN5O. The molecule has 0 aliphatic carbocycles. The van der Waals surface area contributed by atoms with Crippen LogP contribution in [0.2, 0.25) is 5.02 Å². The zero-order chi connectivity index (χ0) is 20.5. The molecule has 2 aromatic carbocycles. The first kappa shape index (κ1) is 24.0. The van der Waals surface area contributed by atoms with E-state index in [1.165, 1.54) is 11.1 Å². The van der Waals surface area contributed by atoms with Crippen LogP contribution in [0.1, 0.15) is 16.7 Å². The molecule has 6 nitrogen and oxygen atoms in total. The first-order valence-corrected chi connectivity index (χ1v) is 9.86. The molecule has 1 heterocycles. The summed E-state index contributed by atoms with van der Waals surface area (Å²) in [5.74, 6) is 1.52. The van der Waals surface area contributed by atoms with Crippen LogP contribution >= 0.6 is 35.6 Å². The van der Waals surface area contributed by atoms with E-state index in [1.807, 2.05) is 30.7 Å². The highest BCUT2D eigenvalue weighted by atomic mass is 127. The van der Waals surface area contributed by atoms with E-state index >= 15 is 0 Å². The molecule has 0 atom stereocenters. The Balaban J connectivity index is 0.00000320. The highest BCUT2D eigenvalue weighted by molar-refractivity contribution is 14.0. The van der Waals surface area contributed by atoms with Crippen molar-refractivity contribution < 1.29 is 4.74 Å². The van der Waals surface area contributed by atoms with Crippen molar-refractivity contribution in [3.8, 4) is 5.75 Å². The van der Waals surface area contributed by atoms with Crippen LogP contribution in [-0.4, -0.2) is 36.2 Å². The molecule has 0 radical (unpaired) electrons. The van der Waals surface area contributed by atoms with Gasteiger partial charge in [0.25, 0.3) is 0 Å². The summed E-state index contributed by atoms with van der Waals surface area (Å²) in [5, 5.41) is 7.40. The van der Waals surface area contributed by atoms with Crippen LogP contribution in [0.25, 0.3) is 0 Å². The number of aliphatic imine (C=N–C) groups is 1. The lowest BCUT2D eigenvalue weighted by molar-refractivity contribution is 0.414. The third-order valence-corrected chi connectivity index (χ3v) is 4.90. The summed E-state index contributed by atoms with van der Waals surface area (Å²) in [6.07, 6.45) is 6.38. The van der Waals surface area contributed by atoms with Gasteiger partial charge in [-0.3, -0.25) is 4.99 Å². The van der Waals surface area contributed by atoms with Crippen LogP contribution < -0.4 is 15.4 Å². The number of hydrogen-bond acceptors (Lipinski definition) is 3. The maximum atomic E-state index is 6.30. The number of halogens is 2. The molecule has 1 aromatic heterocycles. The Bertz CT molecular complexity index is 946. The van der Waals surface area contributed by atoms with E-state index in [0.29, 0.717) is 11.6 Å². The molecule has 3 rings (SSSR count). The van der Waals surface area contributed by atoms with Gasteiger partial charge in [-0.05, 0) is 35.2 Å². The van der Waals surface area contributed by atoms with Gasteiger partial charge in [-0.1, -0.05) is 41.9 Å². The molecule has 160 valence electrons. The summed E-state index contributed by atoms with van der Waals surface area (Å²) in [7, 11) is 3.40. The number of methoxy groups -OCH3 is 1. The molecular weight excluding hydrogens is 513 g/mol. The number of benzene rings is 2. The van der Waals surface area contributed by atoms with Gasteiger partial charge < -0.3 is 19.9 Å². The maximum absolute atomic E-state index is 6.30. The fraction of sp³-hybridized carbons (Fsp3) is 0.273. The molecule has 0 fully saturated rings. The van der Waals surface area contributed by atoms with Gasteiger partial charge in [0.05, 0.1) is 13.4 Å². The Labute approximate surface area is 199 Å². The van der Waals surface area contributed by atoms with E-state index in [9.17, 15) is 0 Å². The van der Waals surface area contributed by atoms with E-state index in [2.05, 4.69) is 49.4 Å². The second-order valence-electron chi connectivity index (χ2n) is 6.61. The highest BCUT2D eigenvalue weighted by Gasteiger charge is 2.04. The van der Waals surface area contributed by atoms with Crippen LogP contribution in [0.15, 0.2) is 66.2 Å². The second kappa shape index (κ2) is 12.4. The minimum absolute atomic E-state index is 0. The molecule has 0 aliphatic heterocycles. The summed E-state index contributed by atoms with van der Waals surface area (Å²) >= 11 is 6.30. The number of hydrogen-bond donors (Lipinski definition) is 2. The number of ether oxygens (including phenoxy) is 1. The van der Waals surface area contributed by atoms with Crippen molar-refractivity contribution >= 4 is 41.5 Å². The molecule has 0 spiro atoms. The quantitative estimate of drug-likeness (QED) is 0.257. The van der Waals surface area contributed by atoms with E-state index < -0.39 is 0 Å². The summed E-state index contributed by atoms with van der Waals surface area (Å²) in [6, 6.07) is 14.2. The van der Waals surface area contributed by atoms with Crippen molar-refractivity contribution in [3.05, 3.63) is 82.9 Å². The molecule has 30 heavy (non-hydrogen) atoms. The van der Waals surface area contributed by atoms with E-state index in [1.54, 1.807) is 20.4 Å². The Morgan fingerprint density at radius 1 is 1.17 bits per heavy atom. The Morgan fingerprint density at radius 3 is 2.70 bits per heavy atom. The minimum Gasteiger partial charge on any atom is -0.497 e. The number of rotatable bonds is 8. The average Bonchev–Trinajstić information content (AvgIpc) is 3.24. The van der Waals surface area contributed by atoms with Gasteiger partial charge in [-0.2, -0.15) is 0 Å². The van der Waals surface area contributed by atoms with E-state index in [-0.39, 0.29) is 24.0 Å². The Hall–Kier alpha value is -2.26. The van der Waals surface area contributed by atoms with Gasteiger partial charge in [-0.25, -0.2) is 4.98 Å². The topological polar surface area (TPSA) is 63.5 Å². The zero-order valence-corrected chi connectivity index (χ0v) is 20.2. The standard InChI is InChI=1S/C22H26ClN5O.HI/c1-24-22(26-9-8-19-6-7-20(29-2)13-21(19)23)27-14-17-4-3-5-18(12-17)15-28-11-10-25-16-28;/h3-7,10-13,16H,8-9,14-15H2,1-2H3,(H2,24,26,27);1H. The van der Waals surface area contributed by atoms with Gasteiger partial charge in [0.2, 0.25) is 0 Å². The molecule has 8 heteroatoms. The fourth-order valence-corrected chi connectivity index (χ4v) is 3.27. The molecule has 0 saturated carbocycles. The van der Waals surface area contributed by atoms with E-state index in [4.69, 9.17) is 16.3 Å². The molecule has 2 N–H and O–H groups in total. The lowest BCUT2D eigenvalue weighted by atomic mass is 10.1. The molecule has 0 bridgehead atoms. The largest absolute Gasteiger partial charge is 0.497 e. The molecule has 3 aromatic rings. The van der Waals surface area contributed by atoms with E-state index in [0.717, 1.165) is 36.8 Å². The molecule has 0 unspecified atom stereocenters. The maximum Gasteiger partial charge on any atom is 0.191 e. The van der Waals surface area contributed by atoms with Crippen molar-refractivity contribution in [2.24, 2.45) is 4.99 Å². The van der Waals surface area contributed by atoms with Crippen molar-refractivity contribution in [3.63, 3.8) is 0 Å². The predicted octanol–water partition coefficient (Wildman–Crippen LogP) is 4.12. The average molecular weight is 540 g/mol.